The molecule has 1 aliphatic carbocycles. The van der Waals surface area contributed by atoms with Crippen molar-refractivity contribution < 1.29 is 4.79 Å². The molecule has 0 bridgehead atoms. The van der Waals surface area contributed by atoms with Gasteiger partial charge in [-0.15, -0.1) is 0 Å². The minimum Gasteiger partial charge on any atom is -0.293 e. The summed E-state index contributed by atoms with van der Waals surface area (Å²) in [5.41, 5.74) is 5.81. The van der Waals surface area contributed by atoms with E-state index in [2.05, 4.69) is 62.4 Å². The molecule has 0 aliphatic heterocycles. The zero-order valence-corrected chi connectivity index (χ0v) is 13.6. The number of hydrogen-bond acceptors (Lipinski definition) is 1. The van der Waals surface area contributed by atoms with Crippen molar-refractivity contribution in [3.63, 3.8) is 0 Å². The van der Waals surface area contributed by atoms with Crippen LogP contribution in [-0.2, 0) is 6.42 Å². The van der Waals surface area contributed by atoms with Crippen molar-refractivity contribution in [3.8, 4) is 0 Å². The molecule has 1 nitrogen and oxygen atoms in total. The fourth-order valence-corrected chi connectivity index (χ4v) is 3.89. The maximum absolute atomic E-state index is 13.1. The lowest BCUT2D eigenvalue weighted by Gasteiger charge is -2.25. The van der Waals surface area contributed by atoms with E-state index in [0.29, 0.717) is 0 Å². The van der Waals surface area contributed by atoms with Crippen molar-refractivity contribution in [3.05, 3.63) is 82.4 Å². The Bertz CT molecular complexity index is 920. The van der Waals surface area contributed by atoms with Crippen molar-refractivity contribution in [2.45, 2.75) is 32.6 Å². The van der Waals surface area contributed by atoms with Gasteiger partial charge in [0.25, 0.3) is 0 Å². The summed E-state index contributed by atoms with van der Waals surface area (Å²) in [4.78, 5) is 13.1. The van der Waals surface area contributed by atoms with E-state index < -0.39 is 0 Å². The highest BCUT2D eigenvalue weighted by Gasteiger charge is 2.29. The highest BCUT2D eigenvalue weighted by molar-refractivity contribution is 6.07. The van der Waals surface area contributed by atoms with Crippen molar-refractivity contribution in [2.24, 2.45) is 0 Å². The second kappa shape index (κ2) is 5.34. The summed E-state index contributed by atoms with van der Waals surface area (Å²) >= 11 is 0. The van der Waals surface area contributed by atoms with Gasteiger partial charge >= 0.3 is 0 Å². The third-order valence-electron chi connectivity index (χ3n) is 5.10. The van der Waals surface area contributed by atoms with Crippen LogP contribution in [0.15, 0.2) is 54.6 Å². The largest absolute Gasteiger partial charge is 0.293 e. The van der Waals surface area contributed by atoms with Gasteiger partial charge in [0.1, 0.15) is 0 Å². The zero-order chi connectivity index (χ0) is 16.0. The summed E-state index contributed by atoms with van der Waals surface area (Å²) in [5, 5.41) is 2.52. The SMILES string of the molecule is Cc1cccc(C2CCc3c(ccc4c(C)cccc34)C2=O)c1. The van der Waals surface area contributed by atoms with Gasteiger partial charge in [-0.1, -0.05) is 60.2 Å². The summed E-state index contributed by atoms with van der Waals surface area (Å²) < 4.78 is 0. The number of rotatable bonds is 1. The zero-order valence-electron chi connectivity index (χ0n) is 13.6. The molecule has 4 rings (SSSR count). The van der Waals surface area contributed by atoms with Crippen molar-refractivity contribution in [2.75, 3.05) is 0 Å². The fourth-order valence-electron chi connectivity index (χ4n) is 3.89. The number of ketones is 1. The number of aryl methyl sites for hydroxylation is 3. The van der Waals surface area contributed by atoms with Gasteiger partial charge in [0.2, 0.25) is 0 Å². The molecule has 0 radical (unpaired) electrons. The third kappa shape index (κ3) is 2.28. The molecule has 3 aromatic carbocycles. The molecule has 23 heavy (non-hydrogen) atoms. The molecule has 1 atom stereocenters. The molecule has 0 spiro atoms. The molecule has 0 heterocycles. The lowest BCUT2D eigenvalue weighted by Crippen LogP contribution is -2.21. The van der Waals surface area contributed by atoms with Crippen LogP contribution in [0.4, 0.5) is 0 Å². The van der Waals surface area contributed by atoms with E-state index in [9.17, 15) is 4.79 Å². The van der Waals surface area contributed by atoms with Crippen LogP contribution in [0.2, 0.25) is 0 Å². The quantitative estimate of drug-likeness (QED) is 0.590. The fraction of sp³-hybridized carbons (Fsp3) is 0.227. The van der Waals surface area contributed by atoms with Crippen LogP contribution in [0.5, 0.6) is 0 Å². The van der Waals surface area contributed by atoms with Gasteiger partial charge in [-0.3, -0.25) is 4.79 Å². The maximum Gasteiger partial charge on any atom is 0.170 e. The normalized spacial score (nSPS) is 17.3. The summed E-state index contributed by atoms with van der Waals surface area (Å²) in [6.45, 7) is 4.22. The lowest BCUT2D eigenvalue weighted by molar-refractivity contribution is 0.0946. The summed E-state index contributed by atoms with van der Waals surface area (Å²) in [7, 11) is 0. The van der Waals surface area contributed by atoms with Crippen molar-refractivity contribution in [1.29, 1.82) is 0 Å². The molecule has 1 unspecified atom stereocenters. The van der Waals surface area contributed by atoms with Gasteiger partial charge in [0, 0.05) is 11.5 Å². The molecule has 1 aliphatic rings. The average molecular weight is 300 g/mol. The topological polar surface area (TPSA) is 17.1 Å². The van der Waals surface area contributed by atoms with Gasteiger partial charge in [0.05, 0.1) is 0 Å². The third-order valence-corrected chi connectivity index (χ3v) is 5.10. The van der Waals surface area contributed by atoms with E-state index in [1.807, 2.05) is 6.07 Å². The van der Waals surface area contributed by atoms with Gasteiger partial charge < -0.3 is 0 Å². The van der Waals surface area contributed by atoms with E-state index in [1.165, 1.54) is 27.5 Å². The van der Waals surface area contributed by atoms with Crippen LogP contribution in [0.25, 0.3) is 10.8 Å². The average Bonchev–Trinajstić information content (AvgIpc) is 2.55. The molecule has 0 fully saturated rings. The highest BCUT2D eigenvalue weighted by Crippen LogP contribution is 2.36. The van der Waals surface area contributed by atoms with Crippen LogP contribution < -0.4 is 0 Å². The van der Waals surface area contributed by atoms with E-state index in [4.69, 9.17) is 0 Å². The van der Waals surface area contributed by atoms with Crippen molar-refractivity contribution >= 4 is 16.6 Å². The number of Topliss-reactive ketones (excluding diaryl/α,β-unsaturated/α-hetero) is 1. The molecule has 0 aromatic heterocycles. The molecule has 0 saturated carbocycles. The second-order valence-corrected chi connectivity index (χ2v) is 6.63. The van der Waals surface area contributed by atoms with E-state index >= 15 is 0 Å². The summed E-state index contributed by atoms with van der Waals surface area (Å²) in [6, 6.07) is 18.9. The predicted octanol–water partition coefficient (Wildman–Crippen LogP) is 5.37. The Morgan fingerprint density at radius 3 is 2.57 bits per heavy atom. The molecule has 3 aromatic rings. The van der Waals surface area contributed by atoms with Crippen LogP contribution in [-0.4, -0.2) is 5.78 Å². The number of benzene rings is 3. The molecule has 0 saturated heterocycles. The van der Waals surface area contributed by atoms with Gasteiger partial charge in [0.15, 0.2) is 5.78 Å². The Labute approximate surface area is 137 Å². The lowest BCUT2D eigenvalue weighted by atomic mass is 9.77. The molecule has 0 N–H and O–H groups in total. The first-order chi connectivity index (χ1) is 11.1. The predicted molar refractivity (Wildman–Crippen MR) is 95.3 cm³/mol. The molecule has 0 amide bonds. The Morgan fingerprint density at radius 2 is 1.74 bits per heavy atom. The van der Waals surface area contributed by atoms with Crippen molar-refractivity contribution in [1.82, 2.24) is 0 Å². The molecule has 1 heteroatoms. The standard InChI is InChI=1S/C22H20O/c1-14-5-3-7-16(13-14)18-10-11-20-19-8-4-6-15(2)17(19)9-12-21(20)22(18)23/h3-9,12-13,18H,10-11H2,1-2H3. The van der Waals surface area contributed by atoms with Crippen LogP contribution in [0.3, 0.4) is 0 Å². The molecular formula is C22H20O. The van der Waals surface area contributed by atoms with Gasteiger partial charge in [-0.25, -0.2) is 0 Å². The van der Waals surface area contributed by atoms with Crippen LogP contribution in [0, 0.1) is 13.8 Å². The minimum atomic E-state index is 0.00431. The smallest absolute Gasteiger partial charge is 0.170 e. The van der Waals surface area contributed by atoms with E-state index in [1.54, 1.807) is 0 Å². The monoisotopic (exact) mass is 300 g/mol. The first kappa shape index (κ1) is 14.2. The first-order valence-corrected chi connectivity index (χ1v) is 8.27. The minimum absolute atomic E-state index is 0.00431. The van der Waals surface area contributed by atoms with E-state index in [-0.39, 0.29) is 11.7 Å². The Hall–Kier alpha value is -2.41. The van der Waals surface area contributed by atoms with Gasteiger partial charge in [-0.2, -0.15) is 0 Å². The summed E-state index contributed by atoms with van der Waals surface area (Å²) in [6.07, 6.45) is 1.88. The Kier molecular flexibility index (Phi) is 3.30. The molecule has 114 valence electrons. The highest BCUT2D eigenvalue weighted by atomic mass is 16.1. The second-order valence-electron chi connectivity index (χ2n) is 6.63. The molecular weight excluding hydrogens is 280 g/mol. The first-order valence-electron chi connectivity index (χ1n) is 8.27. The number of fused-ring (bicyclic) bond motifs is 3. The van der Waals surface area contributed by atoms with Crippen LogP contribution in [0.1, 0.15) is 45.0 Å². The summed E-state index contributed by atoms with van der Waals surface area (Å²) in [5.74, 6) is 0.282. The van der Waals surface area contributed by atoms with E-state index in [0.717, 1.165) is 24.0 Å². The Morgan fingerprint density at radius 1 is 0.913 bits per heavy atom. The van der Waals surface area contributed by atoms with Gasteiger partial charge in [-0.05, 0) is 54.2 Å². The van der Waals surface area contributed by atoms with Crippen LogP contribution >= 0.6 is 0 Å². The Balaban J connectivity index is 1.84. The number of carbonyl (C=O) groups excluding carboxylic acids is 1. The number of hydrogen-bond donors (Lipinski definition) is 0. The maximum atomic E-state index is 13.1. The number of carbonyl (C=O) groups is 1.